The fraction of sp³-hybridized carbons (Fsp3) is 0.947. The molecule has 0 atom stereocenters. The second-order valence-electron chi connectivity index (χ2n) is 7.54. The van der Waals surface area contributed by atoms with Crippen molar-refractivity contribution in [3.05, 3.63) is 0 Å². The number of nitrogens with one attached hydrogen (secondary N) is 1. The van der Waals surface area contributed by atoms with E-state index in [1.54, 1.807) is 0 Å². The van der Waals surface area contributed by atoms with Gasteiger partial charge in [0.15, 0.2) is 5.96 Å². The molecule has 0 aromatic rings. The molecule has 0 bridgehead atoms. The van der Waals surface area contributed by atoms with Crippen molar-refractivity contribution < 1.29 is 4.74 Å². The summed E-state index contributed by atoms with van der Waals surface area (Å²) in [5.41, 5.74) is 0. The molecule has 2 aliphatic carbocycles. The van der Waals surface area contributed by atoms with Gasteiger partial charge in [0, 0.05) is 39.8 Å². The van der Waals surface area contributed by atoms with E-state index in [4.69, 9.17) is 4.74 Å². The maximum atomic E-state index is 5.72. The highest BCUT2D eigenvalue weighted by atomic mass is 127. The van der Waals surface area contributed by atoms with E-state index in [0.29, 0.717) is 0 Å². The van der Waals surface area contributed by atoms with Crippen LogP contribution < -0.4 is 5.32 Å². The first-order valence-corrected chi connectivity index (χ1v) is 9.90. The summed E-state index contributed by atoms with van der Waals surface area (Å²) in [6.07, 6.45) is 10.9. The minimum absolute atomic E-state index is 0. The molecule has 0 saturated heterocycles. The number of guanidine groups is 1. The summed E-state index contributed by atoms with van der Waals surface area (Å²) < 4.78 is 5.72. The molecule has 2 rings (SSSR count). The third kappa shape index (κ3) is 9.43. The standard InChI is InChI=1S/C19H38N4O.HI/c1-20-19(23(3)14-15-24-16-17-10-11-17)21-12-7-13-22(2)18-8-5-4-6-9-18;/h17-18H,4-16H2,1-3H3,(H,20,21);1H. The summed E-state index contributed by atoms with van der Waals surface area (Å²) in [5, 5.41) is 3.48. The Morgan fingerprint density at radius 1 is 1.08 bits per heavy atom. The van der Waals surface area contributed by atoms with Crippen molar-refractivity contribution in [2.45, 2.75) is 57.4 Å². The summed E-state index contributed by atoms with van der Waals surface area (Å²) in [6.45, 7) is 4.78. The van der Waals surface area contributed by atoms with Crippen molar-refractivity contribution in [2.24, 2.45) is 10.9 Å². The molecule has 0 unspecified atom stereocenters. The molecule has 0 heterocycles. The van der Waals surface area contributed by atoms with Gasteiger partial charge in [-0.15, -0.1) is 24.0 Å². The zero-order valence-corrected chi connectivity index (χ0v) is 18.8. The number of likely N-dealkylation sites (N-methyl/N-ethyl adjacent to an activating group) is 1. The average Bonchev–Trinajstić information content (AvgIpc) is 3.43. The maximum absolute atomic E-state index is 5.72. The van der Waals surface area contributed by atoms with E-state index in [0.717, 1.165) is 50.6 Å². The molecule has 0 aromatic carbocycles. The number of ether oxygens (including phenoxy) is 1. The molecular weight excluding hydrogens is 427 g/mol. The summed E-state index contributed by atoms with van der Waals surface area (Å²) >= 11 is 0. The maximum Gasteiger partial charge on any atom is 0.193 e. The van der Waals surface area contributed by atoms with Crippen LogP contribution in [0.25, 0.3) is 0 Å². The summed E-state index contributed by atoms with van der Waals surface area (Å²) in [6, 6.07) is 0.810. The molecule has 0 aromatic heterocycles. The Labute approximate surface area is 172 Å². The lowest BCUT2D eigenvalue weighted by molar-refractivity contribution is 0.115. The monoisotopic (exact) mass is 466 g/mol. The largest absolute Gasteiger partial charge is 0.379 e. The highest BCUT2D eigenvalue weighted by molar-refractivity contribution is 14.0. The molecule has 6 heteroatoms. The Kier molecular flexibility index (Phi) is 12.1. The highest BCUT2D eigenvalue weighted by Crippen LogP contribution is 2.28. The molecule has 2 saturated carbocycles. The first-order valence-electron chi connectivity index (χ1n) is 9.90. The summed E-state index contributed by atoms with van der Waals surface area (Å²) in [5.74, 6) is 1.82. The lowest BCUT2D eigenvalue weighted by atomic mass is 9.94. The van der Waals surface area contributed by atoms with E-state index in [1.807, 2.05) is 7.05 Å². The summed E-state index contributed by atoms with van der Waals surface area (Å²) in [7, 11) is 6.23. The zero-order valence-electron chi connectivity index (χ0n) is 16.5. The van der Waals surface area contributed by atoms with Crippen molar-refractivity contribution >= 4 is 29.9 Å². The molecule has 25 heavy (non-hydrogen) atoms. The Morgan fingerprint density at radius 3 is 2.44 bits per heavy atom. The van der Waals surface area contributed by atoms with Crippen molar-refractivity contribution in [1.82, 2.24) is 15.1 Å². The van der Waals surface area contributed by atoms with E-state index in [1.165, 1.54) is 51.5 Å². The average molecular weight is 466 g/mol. The van der Waals surface area contributed by atoms with E-state index in [2.05, 4.69) is 34.2 Å². The number of aliphatic imine (C=N–C) groups is 1. The third-order valence-corrected chi connectivity index (χ3v) is 5.36. The molecular formula is C19H39IN4O. The van der Waals surface area contributed by atoms with Crippen LogP contribution in [-0.2, 0) is 4.74 Å². The first kappa shape index (κ1) is 23.0. The van der Waals surface area contributed by atoms with Crippen LogP contribution in [0.5, 0.6) is 0 Å². The van der Waals surface area contributed by atoms with E-state index < -0.39 is 0 Å². The predicted octanol–water partition coefficient (Wildman–Crippen LogP) is 3.19. The van der Waals surface area contributed by atoms with Crippen LogP contribution in [0.15, 0.2) is 4.99 Å². The van der Waals surface area contributed by atoms with Gasteiger partial charge in [-0.05, 0) is 51.6 Å². The predicted molar refractivity (Wildman–Crippen MR) is 117 cm³/mol. The van der Waals surface area contributed by atoms with Gasteiger partial charge in [0.2, 0.25) is 0 Å². The lowest BCUT2D eigenvalue weighted by Gasteiger charge is -2.31. The number of halogens is 1. The zero-order chi connectivity index (χ0) is 17.2. The van der Waals surface area contributed by atoms with Crippen molar-refractivity contribution in [2.75, 3.05) is 54.0 Å². The van der Waals surface area contributed by atoms with E-state index >= 15 is 0 Å². The van der Waals surface area contributed by atoms with Gasteiger partial charge in [0.25, 0.3) is 0 Å². The molecule has 148 valence electrons. The molecule has 2 fully saturated rings. The van der Waals surface area contributed by atoms with Gasteiger partial charge in [-0.1, -0.05) is 19.3 Å². The normalized spacial score (nSPS) is 19.0. The highest BCUT2D eigenvalue weighted by Gasteiger charge is 2.21. The van der Waals surface area contributed by atoms with Crippen molar-refractivity contribution in [1.29, 1.82) is 0 Å². The number of rotatable bonds is 10. The van der Waals surface area contributed by atoms with Crippen molar-refractivity contribution in [3.63, 3.8) is 0 Å². The van der Waals surface area contributed by atoms with Crippen LogP contribution in [0.1, 0.15) is 51.4 Å². The minimum Gasteiger partial charge on any atom is -0.379 e. The molecule has 5 nitrogen and oxygen atoms in total. The molecule has 0 amide bonds. The topological polar surface area (TPSA) is 40.1 Å². The minimum atomic E-state index is 0. The number of hydrogen-bond donors (Lipinski definition) is 1. The Hall–Kier alpha value is -0.0800. The smallest absolute Gasteiger partial charge is 0.193 e. The van der Waals surface area contributed by atoms with Crippen LogP contribution >= 0.6 is 24.0 Å². The fourth-order valence-corrected chi connectivity index (χ4v) is 3.46. The molecule has 0 radical (unpaired) electrons. The first-order chi connectivity index (χ1) is 11.7. The number of hydrogen-bond acceptors (Lipinski definition) is 3. The van der Waals surface area contributed by atoms with Gasteiger partial charge in [-0.2, -0.15) is 0 Å². The Morgan fingerprint density at radius 2 is 1.80 bits per heavy atom. The van der Waals surface area contributed by atoms with Crippen molar-refractivity contribution in [3.8, 4) is 0 Å². The second kappa shape index (κ2) is 13.1. The van der Waals surface area contributed by atoms with Crippen LogP contribution in [-0.4, -0.2) is 75.8 Å². The van der Waals surface area contributed by atoms with Gasteiger partial charge < -0.3 is 19.9 Å². The van der Waals surface area contributed by atoms with Crippen LogP contribution in [0.3, 0.4) is 0 Å². The second-order valence-corrected chi connectivity index (χ2v) is 7.54. The molecule has 0 aliphatic heterocycles. The van der Waals surface area contributed by atoms with Gasteiger partial charge in [-0.3, -0.25) is 4.99 Å². The fourth-order valence-electron chi connectivity index (χ4n) is 3.46. The van der Waals surface area contributed by atoms with Crippen LogP contribution in [0.4, 0.5) is 0 Å². The molecule has 1 N–H and O–H groups in total. The van der Waals surface area contributed by atoms with Crippen LogP contribution in [0, 0.1) is 5.92 Å². The number of nitrogens with zero attached hydrogens (tertiary/aromatic N) is 3. The summed E-state index contributed by atoms with van der Waals surface area (Å²) in [4.78, 5) is 9.10. The lowest BCUT2D eigenvalue weighted by Crippen LogP contribution is -2.42. The molecule has 2 aliphatic rings. The van der Waals surface area contributed by atoms with Gasteiger partial charge in [-0.25, -0.2) is 0 Å². The quantitative estimate of drug-likeness (QED) is 0.232. The van der Waals surface area contributed by atoms with Crippen LogP contribution in [0.2, 0.25) is 0 Å². The third-order valence-electron chi connectivity index (χ3n) is 5.36. The SMILES string of the molecule is CN=C(NCCCN(C)C1CCCCC1)N(C)CCOCC1CC1.I. The van der Waals surface area contributed by atoms with Gasteiger partial charge in [0.1, 0.15) is 0 Å². The molecule has 0 spiro atoms. The van der Waals surface area contributed by atoms with Gasteiger partial charge in [0.05, 0.1) is 6.61 Å². The Balaban J connectivity index is 0.00000312. The van der Waals surface area contributed by atoms with E-state index in [-0.39, 0.29) is 24.0 Å². The van der Waals surface area contributed by atoms with Gasteiger partial charge >= 0.3 is 0 Å². The van der Waals surface area contributed by atoms with E-state index in [9.17, 15) is 0 Å². The Bertz CT molecular complexity index is 370.